The Kier molecular flexibility index (Phi) is 10.1. The van der Waals surface area contributed by atoms with E-state index in [4.69, 9.17) is 19.9 Å². The maximum atomic E-state index is 12.1. The van der Waals surface area contributed by atoms with Crippen molar-refractivity contribution in [2.75, 3.05) is 25.2 Å². The number of sulfonamides is 1. The molecule has 4 aromatic carbocycles. The molecular weight excluding hydrogens is 552 g/mol. The zero-order chi connectivity index (χ0) is 30.2. The van der Waals surface area contributed by atoms with Crippen LogP contribution in [-0.4, -0.2) is 34.0 Å². The number of hydrogen-bond donors (Lipinski definition) is 3. The molecule has 0 aliphatic carbocycles. The van der Waals surface area contributed by atoms with Crippen LogP contribution in [-0.2, 0) is 22.4 Å². The number of benzene rings is 4. The fourth-order valence-electron chi connectivity index (χ4n) is 4.86. The maximum Gasteiger partial charge on any atom is 0.229 e. The van der Waals surface area contributed by atoms with Gasteiger partial charge in [-0.15, -0.1) is 0 Å². The summed E-state index contributed by atoms with van der Waals surface area (Å²) < 4.78 is 43.3. The first-order valence-corrected chi connectivity index (χ1v) is 15.6. The quantitative estimate of drug-likeness (QED) is 0.160. The molecule has 0 aliphatic heterocycles. The Morgan fingerprint density at radius 3 is 1.95 bits per heavy atom. The van der Waals surface area contributed by atoms with Crippen LogP contribution < -0.4 is 24.7 Å². The molecule has 1 atom stereocenters. The molecule has 4 N–H and O–H groups in total. The van der Waals surface area contributed by atoms with E-state index in [1.807, 2.05) is 78.9 Å². The second kappa shape index (κ2) is 13.7. The second-order valence-corrected chi connectivity index (χ2v) is 12.0. The first-order chi connectivity index (χ1) is 20.1. The Morgan fingerprint density at radius 1 is 0.857 bits per heavy atom. The number of ether oxygens (including phenoxy) is 3. The maximum absolute atomic E-state index is 12.1. The predicted molar refractivity (Wildman–Crippen MR) is 165 cm³/mol. The zero-order valence-corrected chi connectivity index (χ0v) is 24.9. The number of nitrogens with two attached hydrogens (primary N) is 1. The summed E-state index contributed by atoms with van der Waals surface area (Å²) in [4.78, 5) is 0. The molecule has 4 rings (SSSR count). The highest BCUT2D eigenvalue weighted by atomic mass is 32.2. The zero-order valence-electron chi connectivity index (χ0n) is 24.1. The van der Waals surface area contributed by atoms with E-state index in [1.165, 1.54) is 6.07 Å². The van der Waals surface area contributed by atoms with E-state index in [0.29, 0.717) is 24.2 Å². The van der Waals surface area contributed by atoms with Gasteiger partial charge in [0.1, 0.15) is 29.6 Å². The average Bonchev–Trinajstić information content (AvgIpc) is 2.98. The summed E-state index contributed by atoms with van der Waals surface area (Å²) in [6.45, 7) is 0.254. The van der Waals surface area contributed by atoms with E-state index in [1.54, 1.807) is 26.4 Å². The molecule has 0 aromatic heterocycles. The Morgan fingerprint density at radius 2 is 1.43 bits per heavy atom. The van der Waals surface area contributed by atoms with Gasteiger partial charge in [0, 0.05) is 11.5 Å². The van der Waals surface area contributed by atoms with Gasteiger partial charge in [0.2, 0.25) is 10.0 Å². The van der Waals surface area contributed by atoms with Gasteiger partial charge in [0.25, 0.3) is 0 Å². The molecule has 0 saturated carbocycles. The minimum absolute atomic E-state index is 0.0498. The van der Waals surface area contributed by atoms with Gasteiger partial charge in [0.05, 0.1) is 26.2 Å². The van der Waals surface area contributed by atoms with Gasteiger partial charge in [0.15, 0.2) is 0 Å². The molecule has 0 fully saturated rings. The number of anilines is 1. The van der Waals surface area contributed by atoms with E-state index in [9.17, 15) is 13.5 Å². The highest BCUT2D eigenvalue weighted by Gasteiger charge is 2.26. The van der Waals surface area contributed by atoms with Gasteiger partial charge in [-0.25, -0.2) is 8.42 Å². The first kappa shape index (κ1) is 30.9. The van der Waals surface area contributed by atoms with Crippen molar-refractivity contribution in [3.8, 4) is 17.2 Å². The van der Waals surface area contributed by atoms with Crippen LogP contribution in [0.5, 0.6) is 17.2 Å². The van der Waals surface area contributed by atoms with Gasteiger partial charge in [-0.05, 0) is 72.4 Å². The lowest BCUT2D eigenvalue weighted by molar-refractivity contribution is 0.0313. The summed E-state index contributed by atoms with van der Waals surface area (Å²) in [5, 5.41) is 11.3. The van der Waals surface area contributed by atoms with Gasteiger partial charge < -0.3 is 19.3 Å². The van der Waals surface area contributed by atoms with Gasteiger partial charge in [-0.2, -0.15) is 0 Å². The van der Waals surface area contributed by atoms with Crippen molar-refractivity contribution >= 4 is 15.7 Å². The van der Waals surface area contributed by atoms with E-state index in [0.717, 1.165) is 34.4 Å². The minimum atomic E-state index is -3.61. The molecule has 0 amide bonds. The number of nitrogens with one attached hydrogen (secondary N) is 1. The lowest BCUT2D eigenvalue weighted by Gasteiger charge is -2.26. The van der Waals surface area contributed by atoms with Crippen molar-refractivity contribution < 1.29 is 27.7 Å². The molecule has 0 heterocycles. The van der Waals surface area contributed by atoms with Crippen LogP contribution in [0.4, 0.5) is 5.69 Å². The molecule has 4 aromatic rings. The Bertz CT molecular complexity index is 1490. The Labute approximate surface area is 248 Å². The molecular formula is C33H38N2O6S. The van der Waals surface area contributed by atoms with Gasteiger partial charge in [-0.3, -0.25) is 10.5 Å². The number of rotatable bonds is 14. The molecule has 0 bridgehead atoms. The third kappa shape index (κ3) is 8.48. The Balaban J connectivity index is 1.52. The Hall–Kier alpha value is -4.05. The summed E-state index contributed by atoms with van der Waals surface area (Å²) in [6.07, 6.45) is 2.62. The summed E-state index contributed by atoms with van der Waals surface area (Å²) in [5.74, 6) is 1.94. The number of hydrogen-bond acceptors (Lipinski definition) is 7. The van der Waals surface area contributed by atoms with Crippen LogP contribution in [0.3, 0.4) is 0 Å². The van der Waals surface area contributed by atoms with E-state index >= 15 is 0 Å². The first-order valence-electron chi connectivity index (χ1n) is 13.7. The second-order valence-electron chi connectivity index (χ2n) is 10.3. The monoisotopic (exact) mass is 590 g/mol. The molecule has 0 spiro atoms. The lowest BCUT2D eigenvalue weighted by Crippen LogP contribution is -2.36. The van der Waals surface area contributed by atoms with E-state index < -0.39 is 15.7 Å². The van der Waals surface area contributed by atoms with Crippen LogP contribution in [0.1, 0.15) is 47.4 Å². The molecule has 0 aliphatic rings. The molecule has 0 unspecified atom stereocenters. The van der Waals surface area contributed by atoms with Crippen molar-refractivity contribution in [2.45, 2.75) is 37.5 Å². The number of methoxy groups -OCH3 is 2. The summed E-state index contributed by atoms with van der Waals surface area (Å²) in [7, 11) is -0.343. The fourth-order valence-corrected chi connectivity index (χ4v) is 5.42. The van der Waals surface area contributed by atoms with Crippen molar-refractivity contribution in [3.63, 3.8) is 0 Å². The van der Waals surface area contributed by atoms with E-state index in [-0.39, 0.29) is 24.6 Å². The minimum Gasteiger partial charge on any atom is -0.497 e. The van der Waals surface area contributed by atoms with E-state index in [2.05, 4.69) is 4.72 Å². The molecule has 9 heteroatoms. The summed E-state index contributed by atoms with van der Waals surface area (Å²) in [6, 6.07) is 30.3. The average molecular weight is 591 g/mol. The van der Waals surface area contributed by atoms with Crippen LogP contribution in [0.15, 0.2) is 97.1 Å². The summed E-state index contributed by atoms with van der Waals surface area (Å²) in [5.41, 5.74) is 8.48. The van der Waals surface area contributed by atoms with Crippen LogP contribution in [0.2, 0.25) is 0 Å². The highest BCUT2D eigenvalue weighted by molar-refractivity contribution is 7.92. The third-order valence-corrected chi connectivity index (χ3v) is 7.69. The third-order valence-electron chi connectivity index (χ3n) is 7.10. The highest BCUT2D eigenvalue weighted by Crippen LogP contribution is 2.35. The standard InChI is InChI=1S/C33H38N2O6S/c1-39-28-16-11-25(12-17-28)30(26-13-18-29(40-2)19-14-26)10-7-21-33(34,36)27-15-20-32(31(22-27)35-42(3,37)38)41-23-24-8-5-4-6-9-24/h4-6,8-9,11-20,22,30,35-36H,7,10,21,23,34H2,1-3H3/t33-/m1/s1. The fraction of sp³-hybridized carbons (Fsp3) is 0.273. The van der Waals surface area contributed by atoms with Crippen molar-refractivity contribution in [3.05, 3.63) is 119 Å². The van der Waals surface area contributed by atoms with Crippen molar-refractivity contribution in [1.82, 2.24) is 0 Å². The lowest BCUT2D eigenvalue weighted by atomic mass is 9.85. The largest absolute Gasteiger partial charge is 0.497 e. The predicted octanol–water partition coefficient (Wildman–Crippen LogP) is 5.76. The topological polar surface area (TPSA) is 120 Å². The number of aliphatic hydroxyl groups is 1. The van der Waals surface area contributed by atoms with Gasteiger partial charge >= 0.3 is 0 Å². The molecule has 42 heavy (non-hydrogen) atoms. The van der Waals surface area contributed by atoms with Crippen molar-refractivity contribution in [2.24, 2.45) is 5.73 Å². The SMILES string of the molecule is COc1ccc(C(CCC[C@@](N)(O)c2ccc(OCc3ccccc3)c(NS(C)(=O)=O)c2)c2ccc(OC)cc2)cc1. The molecule has 0 saturated heterocycles. The molecule has 222 valence electrons. The summed E-state index contributed by atoms with van der Waals surface area (Å²) >= 11 is 0. The molecule has 8 nitrogen and oxygen atoms in total. The van der Waals surface area contributed by atoms with Crippen molar-refractivity contribution in [1.29, 1.82) is 0 Å². The normalized spacial score (nSPS) is 12.9. The smallest absolute Gasteiger partial charge is 0.229 e. The van der Waals surface area contributed by atoms with Gasteiger partial charge in [-0.1, -0.05) is 60.7 Å². The molecule has 0 radical (unpaired) electrons. The van der Waals surface area contributed by atoms with Crippen LogP contribution in [0.25, 0.3) is 0 Å². The van der Waals surface area contributed by atoms with Crippen LogP contribution in [0, 0.1) is 0 Å². The van der Waals surface area contributed by atoms with Crippen LogP contribution >= 0.6 is 0 Å².